The van der Waals surface area contributed by atoms with Crippen LogP contribution in [0.15, 0.2) is 12.2 Å². The molecule has 0 radical (unpaired) electrons. The second-order valence-electron chi connectivity index (χ2n) is 14.7. The van der Waals surface area contributed by atoms with Gasteiger partial charge in [0.15, 0.2) is 0 Å². The molecule has 5 rings (SSSR count). The summed E-state index contributed by atoms with van der Waals surface area (Å²) in [6.45, 7) is 19.8. The molecule has 5 fully saturated rings. The lowest BCUT2D eigenvalue weighted by Gasteiger charge is -2.72. The van der Waals surface area contributed by atoms with E-state index in [1.54, 1.807) is 7.11 Å². The van der Waals surface area contributed by atoms with Crippen LogP contribution in [-0.4, -0.2) is 13.1 Å². The summed E-state index contributed by atoms with van der Waals surface area (Å²) in [4.78, 5) is 13.3. The average Bonchev–Trinajstić information content (AvgIpc) is 3.14. The number of methoxy groups -OCH3 is 1. The van der Waals surface area contributed by atoms with E-state index in [-0.39, 0.29) is 11.4 Å². The fraction of sp³-hybridized carbons (Fsp3) is 0.903. The molecule has 2 nitrogen and oxygen atoms in total. The molecule has 5 aliphatic carbocycles. The molecule has 5 aliphatic rings. The van der Waals surface area contributed by atoms with E-state index >= 15 is 0 Å². The Hall–Kier alpha value is -0.790. The van der Waals surface area contributed by atoms with Crippen LogP contribution >= 0.6 is 0 Å². The summed E-state index contributed by atoms with van der Waals surface area (Å²) in [5, 5.41) is 0. The smallest absolute Gasteiger partial charge is 0.312 e. The second kappa shape index (κ2) is 7.36. The van der Waals surface area contributed by atoms with Crippen LogP contribution in [0, 0.1) is 56.7 Å². The summed E-state index contributed by atoms with van der Waals surface area (Å²) in [5.74, 6) is 3.29. The number of carbonyl (C=O) groups excluding carboxylic acids is 1. The molecule has 0 aromatic carbocycles. The van der Waals surface area contributed by atoms with Gasteiger partial charge in [-0.15, -0.1) is 0 Å². The summed E-state index contributed by atoms with van der Waals surface area (Å²) < 4.78 is 5.51. The van der Waals surface area contributed by atoms with Crippen molar-refractivity contribution >= 4 is 5.97 Å². The van der Waals surface area contributed by atoms with Crippen molar-refractivity contribution in [2.75, 3.05) is 7.11 Å². The molecule has 0 aliphatic heterocycles. The molecule has 0 spiro atoms. The van der Waals surface area contributed by atoms with E-state index in [1.165, 1.54) is 56.9 Å². The molecule has 5 saturated carbocycles. The SMILES string of the molecule is C=C(C)C1CCC2(C(=O)OC)CCC3(C)C(CCC4C5(C)CCCC(C)(C)C5CCC43C)C12. The molecule has 0 amide bonds. The first-order chi connectivity index (χ1) is 15.4. The van der Waals surface area contributed by atoms with Gasteiger partial charge in [-0.2, -0.15) is 0 Å². The van der Waals surface area contributed by atoms with Crippen molar-refractivity contribution < 1.29 is 9.53 Å². The van der Waals surface area contributed by atoms with Crippen molar-refractivity contribution in [3.63, 3.8) is 0 Å². The van der Waals surface area contributed by atoms with E-state index in [0.717, 1.165) is 31.1 Å². The molecule has 186 valence electrons. The highest BCUT2D eigenvalue weighted by molar-refractivity contribution is 5.78. The number of carbonyl (C=O) groups is 1. The lowest BCUT2D eigenvalue weighted by molar-refractivity contribution is -0.238. The summed E-state index contributed by atoms with van der Waals surface area (Å²) in [6, 6.07) is 0. The van der Waals surface area contributed by atoms with Gasteiger partial charge in [0.2, 0.25) is 0 Å². The Kier molecular flexibility index (Phi) is 5.34. The molecule has 0 aromatic rings. The standard InChI is InChI=1S/C31H50O2/c1-20(2)21-12-17-31(26(32)33-8)19-18-29(6)22(25(21)31)10-11-24-28(5)15-9-14-27(3,4)23(28)13-16-30(24,29)7/h21-25H,1,9-19H2,2-8H3. The van der Waals surface area contributed by atoms with Crippen molar-refractivity contribution in [2.45, 2.75) is 112 Å². The first-order valence-corrected chi connectivity index (χ1v) is 14.1. The molecule has 9 unspecified atom stereocenters. The topological polar surface area (TPSA) is 26.3 Å². The van der Waals surface area contributed by atoms with Gasteiger partial charge in [0.05, 0.1) is 12.5 Å². The van der Waals surface area contributed by atoms with Crippen molar-refractivity contribution in [1.29, 1.82) is 0 Å². The van der Waals surface area contributed by atoms with E-state index in [2.05, 4.69) is 48.1 Å². The number of ether oxygens (including phenoxy) is 1. The Morgan fingerprint density at radius 1 is 0.818 bits per heavy atom. The summed E-state index contributed by atoms with van der Waals surface area (Å²) in [7, 11) is 1.61. The van der Waals surface area contributed by atoms with E-state index in [4.69, 9.17) is 4.74 Å². The molecular weight excluding hydrogens is 404 g/mol. The van der Waals surface area contributed by atoms with Crippen LogP contribution in [0.5, 0.6) is 0 Å². The molecule has 0 N–H and O–H groups in total. The number of allylic oxidation sites excluding steroid dienone is 1. The number of esters is 1. The van der Waals surface area contributed by atoms with Gasteiger partial charge in [-0.25, -0.2) is 0 Å². The minimum atomic E-state index is -0.264. The Morgan fingerprint density at radius 2 is 1.55 bits per heavy atom. The highest BCUT2D eigenvalue weighted by Crippen LogP contribution is 2.77. The average molecular weight is 455 g/mol. The van der Waals surface area contributed by atoms with Gasteiger partial charge in [0.25, 0.3) is 0 Å². The van der Waals surface area contributed by atoms with E-state index < -0.39 is 0 Å². The molecule has 9 atom stereocenters. The minimum Gasteiger partial charge on any atom is -0.469 e. The Balaban J connectivity index is 1.57. The molecule has 2 heteroatoms. The largest absolute Gasteiger partial charge is 0.469 e. The van der Waals surface area contributed by atoms with Gasteiger partial charge in [0, 0.05) is 0 Å². The van der Waals surface area contributed by atoms with Crippen molar-refractivity contribution in [1.82, 2.24) is 0 Å². The lowest BCUT2D eigenvalue weighted by atomic mass is 9.32. The van der Waals surface area contributed by atoms with Crippen LogP contribution in [0.1, 0.15) is 112 Å². The van der Waals surface area contributed by atoms with Crippen molar-refractivity contribution in [3.05, 3.63) is 12.2 Å². The predicted molar refractivity (Wildman–Crippen MR) is 136 cm³/mol. The van der Waals surface area contributed by atoms with Gasteiger partial charge in [0.1, 0.15) is 0 Å². The van der Waals surface area contributed by atoms with Crippen molar-refractivity contribution in [2.24, 2.45) is 56.7 Å². The number of hydrogen-bond donors (Lipinski definition) is 0. The highest BCUT2D eigenvalue weighted by Gasteiger charge is 2.71. The molecule has 0 bridgehead atoms. The third-order valence-corrected chi connectivity index (χ3v) is 13.4. The fourth-order valence-electron chi connectivity index (χ4n) is 11.8. The van der Waals surface area contributed by atoms with Gasteiger partial charge in [-0.3, -0.25) is 4.79 Å². The van der Waals surface area contributed by atoms with Crippen molar-refractivity contribution in [3.8, 4) is 0 Å². The first-order valence-electron chi connectivity index (χ1n) is 14.1. The van der Waals surface area contributed by atoms with Crippen LogP contribution in [0.2, 0.25) is 0 Å². The summed E-state index contributed by atoms with van der Waals surface area (Å²) in [6.07, 6.45) is 14.0. The molecule has 0 aromatic heterocycles. The zero-order valence-corrected chi connectivity index (χ0v) is 22.7. The lowest BCUT2D eigenvalue weighted by Crippen LogP contribution is -2.66. The maximum Gasteiger partial charge on any atom is 0.312 e. The van der Waals surface area contributed by atoms with E-state index in [0.29, 0.717) is 39.4 Å². The van der Waals surface area contributed by atoms with Crippen LogP contribution in [0.4, 0.5) is 0 Å². The van der Waals surface area contributed by atoms with Crippen LogP contribution in [0.3, 0.4) is 0 Å². The zero-order valence-electron chi connectivity index (χ0n) is 22.7. The quantitative estimate of drug-likeness (QED) is 0.310. The van der Waals surface area contributed by atoms with Gasteiger partial charge in [-0.05, 0) is 122 Å². The monoisotopic (exact) mass is 454 g/mol. The maximum absolute atomic E-state index is 13.3. The molecule has 0 heterocycles. The van der Waals surface area contributed by atoms with Crippen LogP contribution in [-0.2, 0) is 9.53 Å². The molecule has 33 heavy (non-hydrogen) atoms. The summed E-state index contributed by atoms with van der Waals surface area (Å²) >= 11 is 0. The van der Waals surface area contributed by atoms with Gasteiger partial charge < -0.3 is 4.74 Å². The van der Waals surface area contributed by atoms with Crippen LogP contribution in [0.25, 0.3) is 0 Å². The Morgan fingerprint density at radius 3 is 2.21 bits per heavy atom. The van der Waals surface area contributed by atoms with Crippen LogP contribution < -0.4 is 0 Å². The van der Waals surface area contributed by atoms with E-state index in [9.17, 15) is 4.79 Å². The fourth-order valence-corrected chi connectivity index (χ4v) is 11.8. The Bertz CT molecular complexity index is 842. The molecule has 0 saturated heterocycles. The third-order valence-electron chi connectivity index (χ3n) is 13.4. The predicted octanol–water partition coefficient (Wildman–Crippen LogP) is 8.21. The number of hydrogen-bond acceptors (Lipinski definition) is 2. The third kappa shape index (κ3) is 2.88. The van der Waals surface area contributed by atoms with Gasteiger partial charge >= 0.3 is 5.97 Å². The zero-order chi connectivity index (χ0) is 24.0. The number of rotatable bonds is 2. The molecular formula is C31H50O2. The summed E-state index contributed by atoms with van der Waals surface area (Å²) in [5.41, 5.74) is 2.68. The minimum absolute atomic E-state index is 0.0790. The highest BCUT2D eigenvalue weighted by atomic mass is 16.5. The normalized spacial score (nSPS) is 52.6. The second-order valence-corrected chi connectivity index (χ2v) is 14.7. The van der Waals surface area contributed by atoms with E-state index in [1.807, 2.05) is 0 Å². The number of fused-ring (bicyclic) bond motifs is 7. The first kappa shape index (κ1) is 23.9. The Labute approximate surface area is 203 Å². The van der Waals surface area contributed by atoms with Gasteiger partial charge in [-0.1, -0.05) is 53.2 Å². The maximum atomic E-state index is 13.3.